The van der Waals surface area contributed by atoms with Crippen molar-refractivity contribution < 1.29 is 0 Å². The van der Waals surface area contributed by atoms with Gasteiger partial charge in [-0.3, -0.25) is 0 Å². The highest BCUT2D eigenvalue weighted by Gasteiger charge is 2.02. The Morgan fingerprint density at radius 1 is 1.50 bits per heavy atom. The van der Waals surface area contributed by atoms with Crippen LogP contribution in [-0.4, -0.2) is 5.71 Å². The summed E-state index contributed by atoms with van der Waals surface area (Å²) in [6, 6.07) is 0. The van der Waals surface area contributed by atoms with Gasteiger partial charge in [0, 0.05) is 16.3 Å². The maximum atomic E-state index is 7.37. The lowest BCUT2D eigenvalue weighted by atomic mass is 10.1. The number of allylic oxidation sites excluding steroid dienone is 5. The molecule has 0 aromatic heterocycles. The number of rotatable bonds is 0. The topological polar surface area (TPSA) is 49.9 Å². The van der Waals surface area contributed by atoms with Crippen molar-refractivity contribution in [3.63, 3.8) is 0 Å². The van der Waals surface area contributed by atoms with Crippen LogP contribution in [0.25, 0.3) is 0 Å². The summed E-state index contributed by atoms with van der Waals surface area (Å²) in [6.45, 7) is 0. The zero-order valence-corrected chi connectivity index (χ0v) is 6.85. The smallest absolute Gasteiger partial charge is 0.0637 e. The summed E-state index contributed by atoms with van der Waals surface area (Å²) in [5.74, 6) is 0. The van der Waals surface area contributed by atoms with Crippen LogP contribution in [0.3, 0.4) is 0 Å². The molecule has 0 saturated carbocycles. The van der Waals surface area contributed by atoms with Crippen molar-refractivity contribution in [1.82, 2.24) is 0 Å². The van der Waals surface area contributed by atoms with Crippen molar-refractivity contribution in [1.29, 1.82) is 5.41 Å². The number of halogens is 1. The molecule has 2 nitrogen and oxygen atoms in total. The Morgan fingerprint density at radius 3 is 2.70 bits per heavy atom. The molecule has 0 aromatic carbocycles. The summed E-state index contributed by atoms with van der Waals surface area (Å²) in [5.41, 5.74) is 6.43. The average Bonchev–Trinajstić information content (AvgIpc) is 1.88. The molecule has 1 aliphatic carbocycles. The summed E-state index contributed by atoms with van der Waals surface area (Å²) in [4.78, 5) is 0. The molecule has 0 atom stereocenters. The van der Waals surface area contributed by atoms with Crippen LogP contribution in [0, 0.1) is 5.41 Å². The summed E-state index contributed by atoms with van der Waals surface area (Å²) < 4.78 is 0.906. The first kappa shape index (κ1) is 7.28. The molecule has 0 radical (unpaired) electrons. The van der Waals surface area contributed by atoms with Gasteiger partial charge in [0.25, 0.3) is 0 Å². The lowest BCUT2D eigenvalue weighted by molar-refractivity contribution is 1.46. The van der Waals surface area contributed by atoms with Crippen LogP contribution < -0.4 is 5.73 Å². The van der Waals surface area contributed by atoms with E-state index in [1.54, 1.807) is 12.2 Å². The number of nitrogens with one attached hydrogen (secondary N) is 1. The van der Waals surface area contributed by atoms with Gasteiger partial charge >= 0.3 is 0 Å². The van der Waals surface area contributed by atoms with E-state index in [1.165, 1.54) is 6.20 Å². The average molecular weight is 199 g/mol. The van der Waals surface area contributed by atoms with E-state index < -0.39 is 0 Å². The monoisotopic (exact) mass is 198 g/mol. The first-order valence-electron chi connectivity index (χ1n) is 2.80. The Hall–Kier alpha value is -0.830. The van der Waals surface area contributed by atoms with E-state index >= 15 is 0 Å². The fraction of sp³-hybridized carbons (Fsp3) is 0. The highest BCUT2D eigenvalue weighted by Crippen LogP contribution is 2.15. The fourth-order valence-corrected chi connectivity index (χ4v) is 1.03. The van der Waals surface area contributed by atoms with E-state index in [0.717, 1.165) is 10.1 Å². The molecule has 0 aromatic rings. The van der Waals surface area contributed by atoms with Crippen molar-refractivity contribution in [2.24, 2.45) is 5.73 Å². The minimum Gasteiger partial charge on any atom is -0.404 e. The second-order valence-electron chi connectivity index (χ2n) is 1.90. The van der Waals surface area contributed by atoms with Gasteiger partial charge in [-0.25, -0.2) is 0 Å². The van der Waals surface area contributed by atoms with Gasteiger partial charge in [0.1, 0.15) is 0 Å². The van der Waals surface area contributed by atoms with E-state index in [4.69, 9.17) is 11.1 Å². The molecule has 10 heavy (non-hydrogen) atoms. The maximum Gasteiger partial charge on any atom is 0.0637 e. The van der Waals surface area contributed by atoms with Crippen molar-refractivity contribution in [3.8, 4) is 0 Å². The van der Waals surface area contributed by atoms with Crippen LogP contribution in [0.1, 0.15) is 0 Å². The predicted octanol–water partition coefficient (Wildman–Crippen LogP) is 1.70. The minimum absolute atomic E-state index is 0.442. The summed E-state index contributed by atoms with van der Waals surface area (Å²) in [5, 5.41) is 7.37. The lowest BCUT2D eigenvalue weighted by Gasteiger charge is -2.03. The highest BCUT2D eigenvalue weighted by atomic mass is 79.9. The highest BCUT2D eigenvalue weighted by molar-refractivity contribution is 9.11. The fourth-order valence-electron chi connectivity index (χ4n) is 0.674. The molecular weight excluding hydrogens is 192 g/mol. The lowest BCUT2D eigenvalue weighted by Crippen LogP contribution is -2.01. The zero-order chi connectivity index (χ0) is 7.56. The number of hydrogen-bond acceptors (Lipinski definition) is 2. The molecule has 0 saturated heterocycles. The van der Waals surface area contributed by atoms with Crippen molar-refractivity contribution >= 4 is 21.6 Å². The first-order chi connectivity index (χ1) is 4.74. The SMILES string of the molecule is N=C1C=C(Br)C=C/C1=C/N. The van der Waals surface area contributed by atoms with Crippen LogP contribution in [-0.2, 0) is 0 Å². The van der Waals surface area contributed by atoms with Gasteiger partial charge in [0.15, 0.2) is 0 Å². The van der Waals surface area contributed by atoms with Crippen LogP contribution >= 0.6 is 15.9 Å². The molecule has 0 bridgehead atoms. The summed E-state index contributed by atoms with van der Waals surface area (Å²) in [6.07, 6.45) is 6.79. The third kappa shape index (κ3) is 1.36. The quantitative estimate of drug-likeness (QED) is 0.612. The van der Waals surface area contributed by atoms with E-state index in [1.807, 2.05) is 6.08 Å². The Balaban J connectivity index is 2.95. The predicted molar refractivity (Wildman–Crippen MR) is 46.1 cm³/mol. The van der Waals surface area contributed by atoms with E-state index in [-0.39, 0.29) is 0 Å². The second kappa shape index (κ2) is 2.84. The Kier molecular flexibility index (Phi) is 2.06. The van der Waals surface area contributed by atoms with E-state index in [2.05, 4.69) is 15.9 Å². The Bertz CT molecular complexity index is 248. The standard InChI is InChI=1S/C7H7BrN2/c8-6-2-1-5(4-9)7(10)3-6/h1-4,10H,9H2/b5-4-,10-7?. The minimum atomic E-state index is 0.442. The van der Waals surface area contributed by atoms with Crippen LogP contribution in [0.2, 0.25) is 0 Å². The molecular formula is C7H7BrN2. The maximum absolute atomic E-state index is 7.37. The Labute approximate surface area is 67.7 Å². The van der Waals surface area contributed by atoms with Gasteiger partial charge in [-0.15, -0.1) is 0 Å². The van der Waals surface area contributed by atoms with Crippen molar-refractivity contribution in [3.05, 3.63) is 34.5 Å². The van der Waals surface area contributed by atoms with Crippen LogP contribution in [0.4, 0.5) is 0 Å². The van der Waals surface area contributed by atoms with Gasteiger partial charge in [0.2, 0.25) is 0 Å². The molecule has 0 aliphatic heterocycles. The molecule has 0 fully saturated rings. The van der Waals surface area contributed by atoms with Crippen LogP contribution in [0.15, 0.2) is 34.5 Å². The third-order valence-corrected chi connectivity index (χ3v) is 1.69. The Morgan fingerprint density at radius 2 is 2.20 bits per heavy atom. The van der Waals surface area contributed by atoms with Gasteiger partial charge in [0.05, 0.1) is 5.71 Å². The van der Waals surface area contributed by atoms with Crippen molar-refractivity contribution in [2.75, 3.05) is 0 Å². The van der Waals surface area contributed by atoms with Gasteiger partial charge in [-0.1, -0.05) is 22.0 Å². The number of hydrogen-bond donors (Lipinski definition) is 2. The first-order valence-corrected chi connectivity index (χ1v) is 3.59. The molecule has 1 rings (SSSR count). The second-order valence-corrected chi connectivity index (χ2v) is 2.81. The summed E-state index contributed by atoms with van der Waals surface area (Å²) in [7, 11) is 0. The normalized spacial score (nSPS) is 21.5. The van der Waals surface area contributed by atoms with Crippen molar-refractivity contribution in [2.45, 2.75) is 0 Å². The molecule has 3 N–H and O–H groups in total. The van der Waals surface area contributed by atoms with E-state index in [0.29, 0.717) is 5.71 Å². The molecule has 3 heteroatoms. The van der Waals surface area contributed by atoms with Gasteiger partial charge < -0.3 is 11.1 Å². The molecule has 1 aliphatic rings. The molecule has 0 spiro atoms. The van der Waals surface area contributed by atoms with Gasteiger partial charge in [-0.05, 0) is 12.2 Å². The molecule has 52 valence electrons. The zero-order valence-electron chi connectivity index (χ0n) is 5.26. The van der Waals surface area contributed by atoms with Crippen LogP contribution in [0.5, 0.6) is 0 Å². The molecule has 0 amide bonds. The van der Waals surface area contributed by atoms with Gasteiger partial charge in [-0.2, -0.15) is 0 Å². The molecule has 0 heterocycles. The largest absolute Gasteiger partial charge is 0.404 e. The summed E-state index contributed by atoms with van der Waals surface area (Å²) >= 11 is 3.25. The molecule has 0 unspecified atom stereocenters. The van der Waals surface area contributed by atoms with E-state index in [9.17, 15) is 0 Å². The third-order valence-electron chi connectivity index (χ3n) is 1.19. The number of nitrogens with two attached hydrogens (primary N) is 1.